The maximum absolute atomic E-state index is 2.96. The molecular weight excluding hydrogens is 257 g/mol. The molecule has 0 spiro atoms. The zero-order chi connectivity index (χ0) is 10.2. The monoisotopic (exact) mass is 271 g/mol. The van der Waals surface area contributed by atoms with E-state index < -0.39 is 0 Å². The standard InChI is InChI=1S/2C7H7.Y/c2*1-7-5-3-2-4-6-7;/h2*2-3,5-6H,1H3;/q2*-1;+3. The zero-order valence-electron chi connectivity index (χ0n) is 9.20. The predicted molar refractivity (Wildman–Crippen MR) is 60.0 cm³/mol. The van der Waals surface area contributed by atoms with Crippen molar-refractivity contribution in [1.82, 2.24) is 0 Å². The van der Waals surface area contributed by atoms with Gasteiger partial charge in [-0.2, -0.15) is 71.8 Å². The van der Waals surface area contributed by atoms with Crippen molar-refractivity contribution in [2.45, 2.75) is 13.8 Å². The van der Waals surface area contributed by atoms with Crippen molar-refractivity contribution in [3.63, 3.8) is 0 Å². The Labute approximate surface area is 118 Å². The quantitative estimate of drug-likeness (QED) is 0.642. The SMILES string of the molecule is Cc1c[c-]ccc1.Cc1c[c-]ccc1.[Y+3]. The van der Waals surface area contributed by atoms with E-state index in [0.29, 0.717) is 0 Å². The van der Waals surface area contributed by atoms with E-state index in [4.69, 9.17) is 0 Å². The van der Waals surface area contributed by atoms with Gasteiger partial charge < -0.3 is 0 Å². The van der Waals surface area contributed by atoms with Gasteiger partial charge in [0.2, 0.25) is 0 Å². The molecule has 0 aliphatic rings. The summed E-state index contributed by atoms with van der Waals surface area (Å²) in [6.07, 6.45) is 0. The molecule has 0 heterocycles. The number of benzene rings is 2. The second-order valence-electron chi connectivity index (χ2n) is 3.16. The number of hydrogen-bond donors (Lipinski definition) is 0. The van der Waals surface area contributed by atoms with E-state index in [1.807, 2.05) is 36.4 Å². The third-order valence-corrected chi connectivity index (χ3v) is 1.73. The van der Waals surface area contributed by atoms with Crippen molar-refractivity contribution >= 4 is 0 Å². The molecule has 0 fully saturated rings. The Morgan fingerprint density at radius 3 is 1.33 bits per heavy atom. The summed E-state index contributed by atoms with van der Waals surface area (Å²) in [7, 11) is 0. The summed E-state index contributed by atoms with van der Waals surface area (Å²) in [5, 5.41) is 0. The molecule has 2 aromatic rings. The molecule has 72 valence electrons. The maximum Gasteiger partial charge on any atom is 3.00 e. The second-order valence-corrected chi connectivity index (χ2v) is 3.16. The van der Waals surface area contributed by atoms with Crippen LogP contribution in [0.2, 0.25) is 0 Å². The van der Waals surface area contributed by atoms with E-state index in [1.165, 1.54) is 11.1 Å². The van der Waals surface area contributed by atoms with Crippen LogP contribution in [0.1, 0.15) is 11.1 Å². The normalized spacial score (nSPS) is 8.13. The van der Waals surface area contributed by atoms with Gasteiger partial charge in [-0.1, -0.05) is 13.8 Å². The average Bonchev–Trinajstić information content (AvgIpc) is 2.21. The van der Waals surface area contributed by atoms with Crippen molar-refractivity contribution in [2.24, 2.45) is 0 Å². The van der Waals surface area contributed by atoms with Gasteiger partial charge in [-0.15, -0.1) is 0 Å². The smallest absolute Gasteiger partial charge is 0.184 e. The summed E-state index contributed by atoms with van der Waals surface area (Å²) >= 11 is 0. The molecule has 0 aliphatic carbocycles. The summed E-state index contributed by atoms with van der Waals surface area (Å²) in [5.41, 5.74) is 2.53. The third kappa shape index (κ3) is 7.47. The molecule has 0 N–H and O–H groups in total. The Morgan fingerprint density at radius 1 is 0.800 bits per heavy atom. The molecule has 0 saturated carbocycles. The Kier molecular flexibility index (Phi) is 8.55. The van der Waals surface area contributed by atoms with Gasteiger partial charge in [0.1, 0.15) is 0 Å². The fourth-order valence-electron chi connectivity index (χ4n) is 0.966. The Bertz CT molecular complexity index is 303. The van der Waals surface area contributed by atoms with E-state index in [2.05, 4.69) is 38.1 Å². The molecule has 15 heavy (non-hydrogen) atoms. The largest absolute Gasteiger partial charge is 3.00 e. The minimum atomic E-state index is 0. The molecule has 0 nitrogen and oxygen atoms in total. The van der Waals surface area contributed by atoms with Crippen LogP contribution in [-0.4, -0.2) is 0 Å². The van der Waals surface area contributed by atoms with Gasteiger partial charge in [0.05, 0.1) is 0 Å². The predicted octanol–water partition coefficient (Wildman–Crippen LogP) is 3.59. The van der Waals surface area contributed by atoms with Gasteiger partial charge >= 0.3 is 32.7 Å². The van der Waals surface area contributed by atoms with Gasteiger partial charge in [-0.3, -0.25) is 0 Å². The topological polar surface area (TPSA) is 0 Å². The minimum absolute atomic E-state index is 0. The summed E-state index contributed by atoms with van der Waals surface area (Å²) in [6.45, 7) is 4.10. The number of rotatable bonds is 0. The van der Waals surface area contributed by atoms with E-state index >= 15 is 0 Å². The van der Waals surface area contributed by atoms with Crippen LogP contribution in [0, 0.1) is 26.0 Å². The number of aryl methyl sites for hydroxylation is 2. The molecule has 0 aliphatic heterocycles. The van der Waals surface area contributed by atoms with E-state index in [-0.39, 0.29) is 32.7 Å². The maximum atomic E-state index is 2.96. The van der Waals surface area contributed by atoms with Crippen molar-refractivity contribution in [1.29, 1.82) is 0 Å². The summed E-state index contributed by atoms with van der Waals surface area (Å²) in [5.74, 6) is 0. The summed E-state index contributed by atoms with van der Waals surface area (Å²) < 4.78 is 0. The average molecular weight is 271 g/mol. The fraction of sp³-hybridized carbons (Fsp3) is 0.143. The van der Waals surface area contributed by atoms with E-state index in [0.717, 1.165) is 0 Å². The van der Waals surface area contributed by atoms with E-state index in [9.17, 15) is 0 Å². The second kappa shape index (κ2) is 8.82. The Morgan fingerprint density at radius 2 is 1.20 bits per heavy atom. The van der Waals surface area contributed by atoms with Gasteiger partial charge in [0.15, 0.2) is 0 Å². The van der Waals surface area contributed by atoms with Crippen LogP contribution in [0.4, 0.5) is 0 Å². The van der Waals surface area contributed by atoms with Crippen LogP contribution >= 0.6 is 0 Å². The molecule has 0 unspecified atom stereocenters. The van der Waals surface area contributed by atoms with Crippen LogP contribution in [0.25, 0.3) is 0 Å². The van der Waals surface area contributed by atoms with Crippen molar-refractivity contribution < 1.29 is 32.7 Å². The van der Waals surface area contributed by atoms with Gasteiger partial charge in [-0.05, 0) is 0 Å². The Hall–Kier alpha value is -0.456. The summed E-state index contributed by atoms with van der Waals surface area (Å²) in [4.78, 5) is 0. The van der Waals surface area contributed by atoms with E-state index in [1.54, 1.807) is 0 Å². The zero-order valence-corrected chi connectivity index (χ0v) is 12.0. The third-order valence-electron chi connectivity index (χ3n) is 1.73. The Balaban J connectivity index is 0.000000245. The molecule has 0 radical (unpaired) electrons. The molecular formula is C14H14Y+. The van der Waals surface area contributed by atoms with Crippen molar-refractivity contribution in [3.8, 4) is 0 Å². The van der Waals surface area contributed by atoms with Crippen LogP contribution in [-0.2, 0) is 32.7 Å². The minimum Gasteiger partial charge on any atom is -0.184 e. The fourth-order valence-corrected chi connectivity index (χ4v) is 0.966. The van der Waals surface area contributed by atoms with Crippen LogP contribution in [0.5, 0.6) is 0 Å². The molecule has 0 bridgehead atoms. The first-order valence-corrected chi connectivity index (χ1v) is 4.64. The van der Waals surface area contributed by atoms with Gasteiger partial charge in [-0.25, -0.2) is 0 Å². The summed E-state index contributed by atoms with van der Waals surface area (Å²) in [6, 6.07) is 21.7. The molecule has 0 atom stereocenters. The molecule has 0 aromatic heterocycles. The van der Waals surface area contributed by atoms with Gasteiger partial charge in [0, 0.05) is 0 Å². The van der Waals surface area contributed by atoms with Crippen LogP contribution in [0.3, 0.4) is 0 Å². The van der Waals surface area contributed by atoms with Crippen molar-refractivity contribution in [3.05, 3.63) is 71.8 Å². The first-order valence-electron chi connectivity index (χ1n) is 4.64. The molecule has 0 saturated heterocycles. The first kappa shape index (κ1) is 14.5. The first-order chi connectivity index (χ1) is 6.79. The molecule has 0 amide bonds. The van der Waals surface area contributed by atoms with Crippen molar-refractivity contribution in [2.75, 3.05) is 0 Å². The molecule has 2 aromatic carbocycles. The molecule has 1 heteroatoms. The van der Waals surface area contributed by atoms with Gasteiger partial charge in [0.25, 0.3) is 0 Å². The number of hydrogen-bond acceptors (Lipinski definition) is 0. The molecule has 2 rings (SSSR count). The van der Waals surface area contributed by atoms with Crippen LogP contribution in [0.15, 0.2) is 48.5 Å². The van der Waals surface area contributed by atoms with Crippen LogP contribution < -0.4 is 0 Å².